The van der Waals surface area contributed by atoms with Crippen LogP contribution in [0, 0.1) is 0 Å². The van der Waals surface area contributed by atoms with Gasteiger partial charge in [-0.2, -0.15) is 5.10 Å². The average Bonchev–Trinajstić information content (AvgIpc) is 2.28. The van der Waals surface area contributed by atoms with E-state index in [-0.39, 0.29) is 11.5 Å². The lowest BCUT2D eigenvalue weighted by Crippen LogP contribution is -1.99. The first kappa shape index (κ1) is 7.53. The maximum absolute atomic E-state index is 11.0. The van der Waals surface area contributed by atoms with E-state index in [4.69, 9.17) is 5.73 Å². The molecule has 0 saturated heterocycles. The lowest BCUT2D eigenvalue weighted by atomic mass is 10.2. The Kier molecular flexibility index (Phi) is 1.76. The van der Waals surface area contributed by atoms with Crippen LogP contribution in [0.4, 0.5) is 5.69 Å². The molecule has 0 aliphatic carbocycles. The molecule has 0 atom stereocenters. The first-order valence-electron chi connectivity index (χ1n) is 3.11. The topological polar surface area (TPSA) is 60.9 Å². The number of hydrogen-bond acceptors (Lipinski definition) is 3. The SMILES string of the molecule is C=CC(=O)c1nn(C)cc1N. The number of nitrogens with zero attached hydrogens (tertiary/aromatic N) is 2. The van der Waals surface area contributed by atoms with E-state index in [0.29, 0.717) is 5.69 Å². The molecule has 11 heavy (non-hydrogen) atoms. The van der Waals surface area contributed by atoms with Crippen LogP contribution in [0.5, 0.6) is 0 Å². The van der Waals surface area contributed by atoms with Crippen molar-refractivity contribution in [3.05, 3.63) is 24.5 Å². The van der Waals surface area contributed by atoms with E-state index in [9.17, 15) is 4.79 Å². The molecular weight excluding hydrogens is 142 g/mol. The van der Waals surface area contributed by atoms with Crippen molar-refractivity contribution in [2.75, 3.05) is 5.73 Å². The predicted molar refractivity (Wildman–Crippen MR) is 42.1 cm³/mol. The van der Waals surface area contributed by atoms with Gasteiger partial charge >= 0.3 is 0 Å². The Balaban J connectivity index is 3.12. The van der Waals surface area contributed by atoms with Gasteiger partial charge in [0, 0.05) is 13.2 Å². The number of aromatic nitrogens is 2. The number of carbonyl (C=O) groups excluding carboxylic acids is 1. The van der Waals surface area contributed by atoms with Crippen LogP contribution in [-0.4, -0.2) is 15.6 Å². The van der Waals surface area contributed by atoms with E-state index < -0.39 is 0 Å². The lowest BCUT2D eigenvalue weighted by molar-refractivity contribution is 0.104. The summed E-state index contributed by atoms with van der Waals surface area (Å²) in [6.45, 7) is 3.33. The fourth-order valence-electron chi connectivity index (χ4n) is 0.795. The van der Waals surface area contributed by atoms with Crippen LogP contribution < -0.4 is 5.73 Å². The number of anilines is 1. The molecule has 1 aromatic heterocycles. The average molecular weight is 151 g/mol. The second-order valence-electron chi connectivity index (χ2n) is 2.18. The van der Waals surface area contributed by atoms with Gasteiger partial charge in [0.15, 0.2) is 5.69 Å². The van der Waals surface area contributed by atoms with Crippen molar-refractivity contribution >= 4 is 11.5 Å². The fraction of sp³-hybridized carbons (Fsp3) is 0.143. The maximum Gasteiger partial charge on any atom is 0.207 e. The van der Waals surface area contributed by atoms with Crippen molar-refractivity contribution in [2.45, 2.75) is 0 Å². The summed E-state index contributed by atoms with van der Waals surface area (Å²) in [5.74, 6) is -0.247. The first-order valence-corrected chi connectivity index (χ1v) is 3.11. The van der Waals surface area contributed by atoms with Gasteiger partial charge in [0.1, 0.15) is 0 Å². The summed E-state index contributed by atoms with van der Waals surface area (Å²) in [4.78, 5) is 11.0. The van der Waals surface area contributed by atoms with E-state index in [1.807, 2.05) is 0 Å². The second kappa shape index (κ2) is 2.57. The number of hydrogen-bond donors (Lipinski definition) is 1. The highest BCUT2D eigenvalue weighted by molar-refractivity contribution is 6.06. The molecule has 58 valence electrons. The molecular formula is C7H9N3O. The summed E-state index contributed by atoms with van der Waals surface area (Å²) >= 11 is 0. The third-order valence-corrected chi connectivity index (χ3v) is 1.28. The summed E-state index contributed by atoms with van der Waals surface area (Å²) in [7, 11) is 1.70. The summed E-state index contributed by atoms with van der Waals surface area (Å²) in [5, 5.41) is 3.85. The number of ketones is 1. The zero-order chi connectivity index (χ0) is 8.43. The van der Waals surface area contributed by atoms with Crippen LogP contribution in [0.25, 0.3) is 0 Å². The van der Waals surface area contributed by atoms with E-state index >= 15 is 0 Å². The van der Waals surface area contributed by atoms with Gasteiger partial charge in [-0.05, 0) is 6.08 Å². The van der Waals surface area contributed by atoms with Gasteiger partial charge < -0.3 is 5.73 Å². The minimum absolute atomic E-state index is 0.247. The molecule has 0 fully saturated rings. The minimum atomic E-state index is -0.247. The highest BCUT2D eigenvalue weighted by Crippen LogP contribution is 2.08. The number of carbonyl (C=O) groups is 1. The number of allylic oxidation sites excluding steroid dienone is 1. The van der Waals surface area contributed by atoms with Crippen LogP contribution in [0.2, 0.25) is 0 Å². The smallest absolute Gasteiger partial charge is 0.207 e. The van der Waals surface area contributed by atoms with Crippen LogP contribution in [0.15, 0.2) is 18.9 Å². The summed E-state index contributed by atoms with van der Waals surface area (Å²) < 4.78 is 1.49. The fourth-order valence-corrected chi connectivity index (χ4v) is 0.795. The Morgan fingerprint density at radius 3 is 2.91 bits per heavy atom. The molecule has 1 aromatic rings. The van der Waals surface area contributed by atoms with Crippen molar-refractivity contribution in [3.63, 3.8) is 0 Å². The molecule has 4 heteroatoms. The summed E-state index contributed by atoms with van der Waals surface area (Å²) in [6, 6.07) is 0. The largest absolute Gasteiger partial charge is 0.396 e. The normalized spacial score (nSPS) is 9.55. The van der Waals surface area contributed by atoms with Gasteiger partial charge in [-0.25, -0.2) is 0 Å². The van der Waals surface area contributed by atoms with Gasteiger partial charge in [-0.1, -0.05) is 6.58 Å². The second-order valence-corrected chi connectivity index (χ2v) is 2.18. The number of aryl methyl sites for hydroxylation is 1. The van der Waals surface area contributed by atoms with Crippen molar-refractivity contribution in [1.29, 1.82) is 0 Å². The van der Waals surface area contributed by atoms with E-state index in [1.165, 1.54) is 10.8 Å². The molecule has 0 aromatic carbocycles. The Morgan fingerprint density at radius 1 is 1.91 bits per heavy atom. The molecule has 2 N–H and O–H groups in total. The molecule has 0 spiro atoms. The highest BCUT2D eigenvalue weighted by Gasteiger charge is 2.09. The van der Waals surface area contributed by atoms with Gasteiger partial charge in [0.25, 0.3) is 0 Å². The molecule has 1 rings (SSSR count). The van der Waals surface area contributed by atoms with Gasteiger partial charge in [-0.15, -0.1) is 0 Å². The quantitative estimate of drug-likeness (QED) is 0.490. The monoisotopic (exact) mass is 151 g/mol. The van der Waals surface area contributed by atoms with Crippen LogP contribution in [-0.2, 0) is 7.05 Å². The standard InChI is InChI=1S/C7H9N3O/c1-3-6(11)7-5(8)4-10(2)9-7/h3-4H,1,8H2,2H3. The minimum Gasteiger partial charge on any atom is -0.396 e. The van der Waals surface area contributed by atoms with E-state index in [0.717, 1.165) is 0 Å². The zero-order valence-electron chi connectivity index (χ0n) is 6.24. The Labute approximate surface area is 64.3 Å². The summed E-state index contributed by atoms with van der Waals surface area (Å²) in [5.41, 5.74) is 6.12. The number of nitrogen functional groups attached to an aromatic ring is 1. The van der Waals surface area contributed by atoms with Crippen molar-refractivity contribution in [1.82, 2.24) is 9.78 Å². The van der Waals surface area contributed by atoms with E-state index in [2.05, 4.69) is 11.7 Å². The van der Waals surface area contributed by atoms with Gasteiger partial charge in [0.05, 0.1) is 5.69 Å². The van der Waals surface area contributed by atoms with Crippen LogP contribution >= 0.6 is 0 Å². The van der Waals surface area contributed by atoms with Crippen molar-refractivity contribution in [3.8, 4) is 0 Å². The number of nitrogens with two attached hydrogens (primary N) is 1. The molecule has 0 unspecified atom stereocenters. The molecule has 0 aliphatic rings. The van der Waals surface area contributed by atoms with E-state index in [1.54, 1.807) is 13.2 Å². The maximum atomic E-state index is 11.0. The molecule has 4 nitrogen and oxygen atoms in total. The Hall–Kier alpha value is -1.58. The van der Waals surface area contributed by atoms with Crippen molar-refractivity contribution in [2.24, 2.45) is 7.05 Å². The van der Waals surface area contributed by atoms with Gasteiger partial charge in [0.2, 0.25) is 5.78 Å². The van der Waals surface area contributed by atoms with Crippen LogP contribution in [0.3, 0.4) is 0 Å². The van der Waals surface area contributed by atoms with Crippen LogP contribution in [0.1, 0.15) is 10.5 Å². The molecule has 0 bridgehead atoms. The number of rotatable bonds is 2. The van der Waals surface area contributed by atoms with Crippen molar-refractivity contribution < 1.29 is 4.79 Å². The summed E-state index contributed by atoms with van der Waals surface area (Å²) in [6.07, 6.45) is 2.77. The first-order chi connectivity index (χ1) is 5.15. The Morgan fingerprint density at radius 2 is 2.55 bits per heavy atom. The van der Waals surface area contributed by atoms with Gasteiger partial charge in [-0.3, -0.25) is 9.48 Å². The Bertz CT molecular complexity index is 301. The molecule has 0 saturated carbocycles. The lowest BCUT2D eigenvalue weighted by Gasteiger charge is -1.87. The molecule has 0 radical (unpaired) electrons. The third-order valence-electron chi connectivity index (χ3n) is 1.28. The molecule has 1 heterocycles. The zero-order valence-corrected chi connectivity index (χ0v) is 6.24. The predicted octanol–water partition coefficient (Wildman–Crippen LogP) is 0.371. The highest BCUT2D eigenvalue weighted by atomic mass is 16.1. The molecule has 0 aliphatic heterocycles. The molecule has 0 amide bonds. The third kappa shape index (κ3) is 1.29.